The van der Waals surface area contributed by atoms with Crippen LogP contribution in [0.4, 0.5) is 10.1 Å². The maximum Gasteiger partial charge on any atom is 0.300 e. The lowest BCUT2D eigenvalue weighted by molar-refractivity contribution is -0.132. The van der Waals surface area contributed by atoms with Gasteiger partial charge in [0, 0.05) is 23.2 Å². The number of carbonyl (C=O) groups excluding carboxylic acids is 2. The Labute approximate surface area is 189 Å². The SMILES string of the molecule is COc1ccccc1C1/C(=C(\O)c2ccc3c(c2)CCO3)C(=O)C(=O)N1c1cccc(F)c1. The number of hydrogen-bond acceptors (Lipinski definition) is 5. The highest BCUT2D eigenvalue weighted by Crippen LogP contribution is 2.45. The molecule has 2 heterocycles. The van der Waals surface area contributed by atoms with Crippen molar-refractivity contribution in [3.05, 3.63) is 94.8 Å². The van der Waals surface area contributed by atoms with E-state index in [1.165, 1.54) is 30.2 Å². The third kappa shape index (κ3) is 3.42. The number of ketones is 1. The van der Waals surface area contributed by atoms with E-state index in [1.807, 2.05) is 0 Å². The van der Waals surface area contributed by atoms with Crippen molar-refractivity contribution in [1.29, 1.82) is 0 Å². The first-order valence-corrected chi connectivity index (χ1v) is 10.4. The Balaban J connectivity index is 1.74. The van der Waals surface area contributed by atoms with Crippen LogP contribution in [0.15, 0.2) is 72.3 Å². The molecule has 7 heteroatoms. The van der Waals surface area contributed by atoms with E-state index in [0.717, 1.165) is 11.3 Å². The minimum atomic E-state index is -1.01. The van der Waals surface area contributed by atoms with Gasteiger partial charge in [0.25, 0.3) is 11.7 Å². The number of anilines is 1. The normalized spacial score (nSPS) is 18.8. The van der Waals surface area contributed by atoms with Gasteiger partial charge in [-0.2, -0.15) is 0 Å². The molecule has 33 heavy (non-hydrogen) atoms. The van der Waals surface area contributed by atoms with E-state index in [1.54, 1.807) is 48.5 Å². The zero-order valence-electron chi connectivity index (χ0n) is 17.7. The van der Waals surface area contributed by atoms with Crippen molar-refractivity contribution in [2.45, 2.75) is 12.5 Å². The molecule has 0 spiro atoms. The number of ether oxygens (including phenoxy) is 2. The van der Waals surface area contributed by atoms with Gasteiger partial charge in [-0.05, 0) is 48.0 Å². The van der Waals surface area contributed by atoms with Crippen LogP contribution in [0.1, 0.15) is 22.7 Å². The predicted molar refractivity (Wildman–Crippen MR) is 120 cm³/mol. The number of halogens is 1. The van der Waals surface area contributed by atoms with Crippen molar-refractivity contribution >= 4 is 23.1 Å². The number of para-hydroxylation sites is 1. The molecular weight excluding hydrogens is 425 g/mol. The molecule has 1 unspecified atom stereocenters. The monoisotopic (exact) mass is 445 g/mol. The summed E-state index contributed by atoms with van der Waals surface area (Å²) in [5.74, 6) is -1.41. The molecule has 1 N–H and O–H groups in total. The molecule has 2 aliphatic rings. The molecule has 1 amide bonds. The quantitative estimate of drug-likeness (QED) is 0.366. The lowest BCUT2D eigenvalue weighted by Gasteiger charge is -2.26. The molecule has 1 atom stereocenters. The van der Waals surface area contributed by atoms with Crippen molar-refractivity contribution in [2.75, 3.05) is 18.6 Å². The first kappa shape index (κ1) is 20.8. The summed E-state index contributed by atoms with van der Waals surface area (Å²) in [5, 5.41) is 11.3. The summed E-state index contributed by atoms with van der Waals surface area (Å²) >= 11 is 0. The van der Waals surface area contributed by atoms with Crippen molar-refractivity contribution in [3.63, 3.8) is 0 Å². The number of methoxy groups -OCH3 is 1. The van der Waals surface area contributed by atoms with E-state index in [9.17, 15) is 19.1 Å². The zero-order chi connectivity index (χ0) is 23.1. The molecule has 1 saturated heterocycles. The van der Waals surface area contributed by atoms with Crippen LogP contribution >= 0.6 is 0 Å². The minimum Gasteiger partial charge on any atom is -0.507 e. The van der Waals surface area contributed by atoms with Crippen molar-refractivity contribution < 1.29 is 28.6 Å². The van der Waals surface area contributed by atoms with Gasteiger partial charge in [0.2, 0.25) is 0 Å². The second-order valence-electron chi connectivity index (χ2n) is 7.81. The fourth-order valence-electron chi connectivity index (χ4n) is 4.40. The molecule has 0 saturated carbocycles. The van der Waals surface area contributed by atoms with Crippen LogP contribution < -0.4 is 14.4 Å². The number of nitrogens with zero attached hydrogens (tertiary/aromatic N) is 1. The maximum absolute atomic E-state index is 14.0. The van der Waals surface area contributed by atoms with Crippen LogP contribution in [-0.4, -0.2) is 30.5 Å². The molecule has 166 valence electrons. The number of carbonyl (C=O) groups is 2. The van der Waals surface area contributed by atoms with Gasteiger partial charge < -0.3 is 14.6 Å². The predicted octanol–water partition coefficient (Wildman–Crippen LogP) is 4.40. The summed E-state index contributed by atoms with van der Waals surface area (Å²) in [6.07, 6.45) is 0.685. The third-order valence-corrected chi connectivity index (χ3v) is 5.93. The second-order valence-corrected chi connectivity index (χ2v) is 7.81. The highest BCUT2D eigenvalue weighted by Gasteiger charge is 2.48. The number of aliphatic hydroxyl groups excluding tert-OH is 1. The van der Waals surface area contributed by atoms with Crippen LogP contribution in [0.25, 0.3) is 5.76 Å². The van der Waals surface area contributed by atoms with E-state index in [0.29, 0.717) is 29.9 Å². The van der Waals surface area contributed by atoms with Crippen molar-refractivity contribution in [1.82, 2.24) is 0 Å². The fourth-order valence-corrected chi connectivity index (χ4v) is 4.40. The summed E-state index contributed by atoms with van der Waals surface area (Å²) < 4.78 is 25.1. The van der Waals surface area contributed by atoms with E-state index in [2.05, 4.69) is 0 Å². The lowest BCUT2D eigenvalue weighted by atomic mass is 9.94. The first-order valence-electron chi connectivity index (χ1n) is 10.4. The average Bonchev–Trinajstić information content (AvgIpc) is 3.40. The summed E-state index contributed by atoms with van der Waals surface area (Å²) in [5.41, 5.74) is 1.92. The van der Waals surface area contributed by atoms with Gasteiger partial charge in [0.05, 0.1) is 25.3 Å². The van der Waals surface area contributed by atoms with Gasteiger partial charge in [-0.15, -0.1) is 0 Å². The summed E-state index contributed by atoms with van der Waals surface area (Å²) in [6, 6.07) is 16.5. The molecule has 0 aromatic heterocycles. The summed E-state index contributed by atoms with van der Waals surface area (Å²) in [7, 11) is 1.48. The Morgan fingerprint density at radius 2 is 1.91 bits per heavy atom. The van der Waals surface area contributed by atoms with E-state index in [-0.39, 0.29) is 17.0 Å². The lowest BCUT2D eigenvalue weighted by Crippen LogP contribution is -2.29. The Morgan fingerprint density at radius 3 is 2.70 bits per heavy atom. The smallest absolute Gasteiger partial charge is 0.300 e. The zero-order valence-corrected chi connectivity index (χ0v) is 17.7. The summed E-state index contributed by atoms with van der Waals surface area (Å²) in [4.78, 5) is 27.6. The maximum atomic E-state index is 14.0. The molecule has 3 aromatic carbocycles. The number of aliphatic hydroxyl groups is 1. The van der Waals surface area contributed by atoms with Gasteiger partial charge in [0.15, 0.2) is 0 Å². The standard InChI is InChI=1S/C26H20FNO5/c1-32-21-8-3-2-7-19(21)23-22(24(29)16-9-10-20-15(13-16)11-12-33-20)25(30)26(31)28(23)18-6-4-5-17(27)14-18/h2-10,13-14,23,29H,11-12H2,1H3/b24-22+. The van der Waals surface area contributed by atoms with Crippen LogP contribution in [0, 0.1) is 5.82 Å². The van der Waals surface area contributed by atoms with Crippen LogP contribution in [-0.2, 0) is 16.0 Å². The Bertz CT molecular complexity index is 1320. The number of amides is 1. The largest absolute Gasteiger partial charge is 0.507 e. The van der Waals surface area contributed by atoms with Crippen molar-refractivity contribution in [2.24, 2.45) is 0 Å². The van der Waals surface area contributed by atoms with Gasteiger partial charge in [0.1, 0.15) is 23.1 Å². The van der Waals surface area contributed by atoms with E-state index < -0.39 is 23.5 Å². The van der Waals surface area contributed by atoms with Gasteiger partial charge in [-0.25, -0.2) is 4.39 Å². The number of benzene rings is 3. The first-order chi connectivity index (χ1) is 16.0. The molecule has 6 nitrogen and oxygen atoms in total. The second kappa shape index (κ2) is 8.09. The molecule has 5 rings (SSSR count). The fraction of sp³-hybridized carbons (Fsp3) is 0.154. The number of fused-ring (bicyclic) bond motifs is 1. The minimum absolute atomic E-state index is 0.0902. The molecular formula is C26H20FNO5. The Morgan fingerprint density at radius 1 is 1.09 bits per heavy atom. The van der Waals surface area contributed by atoms with Gasteiger partial charge >= 0.3 is 0 Å². The van der Waals surface area contributed by atoms with E-state index >= 15 is 0 Å². The molecule has 0 bridgehead atoms. The number of rotatable bonds is 4. The Kier molecular flexibility index (Phi) is 5.09. The molecule has 3 aromatic rings. The highest BCUT2D eigenvalue weighted by atomic mass is 19.1. The van der Waals surface area contributed by atoms with E-state index in [4.69, 9.17) is 9.47 Å². The molecule has 0 radical (unpaired) electrons. The highest BCUT2D eigenvalue weighted by molar-refractivity contribution is 6.51. The number of hydrogen-bond donors (Lipinski definition) is 1. The topological polar surface area (TPSA) is 76.1 Å². The summed E-state index contributed by atoms with van der Waals surface area (Å²) in [6.45, 7) is 0.546. The van der Waals surface area contributed by atoms with Crippen LogP contribution in [0.3, 0.4) is 0 Å². The molecule has 0 aliphatic carbocycles. The molecule has 1 fully saturated rings. The average molecular weight is 445 g/mol. The van der Waals surface area contributed by atoms with Gasteiger partial charge in [-0.3, -0.25) is 14.5 Å². The molecule has 2 aliphatic heterocycles. The van der Waals surface area contributed by atoms with Crippen LogP contribution in [0.5, 0.6) is 11.5 Å². The van der Waals surface area contributed by atoms with Crippen molar-refractivity contribution in [3.8, 4) is 11.5 Å². The number of Topliss-reactive ketones (excluding diaryl/α,β-unsaturated/α-hetero) is 1. The third-order valence-electron chi connectivity index (χ3n) is 5.93. The van der Waals surface area contributed by atoms with Gasteiger partial charge in [-0.1, -0.05) is 24.3 Å². The Hall–Kier alpha value is -4.13. The van der Waals surface area contributed by atoms with Crippen LogP contribution in [0.2, 0.25) is 0 Å².